The molecule has 1 aliphatic rings. The fraction of sp³-hybridized carbons (Fsp3) is 0.409. The lowest BCUT2D eigenvalue weighted by Gasteiger charge is -2.29. The molecule has 0 spiro atoms. The number of carbonyl (C=O) groups is 2. The van der Waals surface area contributed by atoms with Crippen molar-refractivity contribution in [2.45, 2.75) is 32.6 Å². The van der Waals surface area contributed by atoms with Gasteiger partial charge in [0, 0.05) is 39.2 Å². The van der Waals surface area contributed by atoms with E-state index in [4.69, 9.17) is 4.42 Å². The first-order valence-electron chi connectivity index (χ1n) is 9.58. The maximum atomic E-state index is 12.5. The third-order valence-corrected chi connectivity index (χ3v) is 5.07. The molecule has 0 atom stereocenters. The molecule has 148 valence electrons. The first-order valence-corrected chi connectivity index (χ1v) is 9.58. The molecular formula is C22H27N3O3. The van der Waals surface area contributed by atoms with Crippen molar-refractivity contribution in [3.05, 3.63) is 58.8 Å². The Bertz CT molecular complexity index is 873. The van der Waals surface area contributed by atoms with Crippen LogP contribution in [-0.2, 0) is 4.79 Å². The Balaban J connectivity index is 1.58. The smallest absolute Gasteiger partial charge is 0.275 e. The topological polar surface area (TPSA) is 66.7 Å². The van der Waals surface area contributed by atoms with Crippen LogP contribution >= 0.6 is 0 Å². The average molecular weight is 381 g/mol. The SMILES string of the molecule is Cc1ccc(C=CC(=O)N2CCC(c3nc(C(=O)N(C)C)c(C)o3)CC2)cc1. The predicted octanol–water partition coefficient (Wildman–Crippen LogP) is 3.41. The number of hydrogen-bond donors (Lipinski definition) is 0. The van der Waals surface area contributed by atoms with Crippen LogP contribution in [0.4, 0.5) is 0 Å². The molecule has 28 heavy (non-hydrogen) atoms. The van der Waals surface area contributed by atoms with Crippen LogP contribution < -0.4 is 0 Å². The van der Waals surface area contributed by atoms with Crippen LogP contribution in [0.15, 0.2) is 34.8 Å². The lowest BCUT2D eigenvalue weighted by atomic mass is 9.96. The summed E-state index contributed by atoms with van der Waals surface area (Å²) in [6.07, 6.45) is 5.04. The van der Waals surface area contributed by atoms with Crippen molar-refractivity contribution >= 4 is 17.9 Å². The summed E-state index contributed by atoms with van der Waals surface area (Å²) in [4.78, 5) is 32.4. The van der Waals surface area contributed by atoms with Crippen LogP contribution in [0.2, 0.25) is 0 Å². The van der Waals surface area contributed by atoms with Crippen molar-refractivity contribution in [3.8, 4) is 0 Å². The van der Waals surface area contributed by atoms with Crippen molar-refractivity contribution in [1.29, 1.82) is 0 Å². The Labute approximate surface area is 165 Å². The first-order chi connectivity index (χ1) is 13.3. The van der Waals surface area contributed by atoms with Gasteiger partial charge < -0.3 is 14.2 Å². The van der Waals surface area contributed by atoms with Crippen LogP contribution in [0.1, 0.15) is 52.0 Å². The summed E-state index contributed by atoms with van der Waals surface area (Å²) in [5.41, 5.74) is 2.59. The maximum absolute atomic E-state index is 12.5. The summed E-state index contributed by atoms with van der Waals surface area (Å²) in [5.74, 6) is 1.15. The van der Waals surface area contributed by atoms with E-state index in [2.05, 4.69) is 4.98 Å². The Kier molecular flexibility index (Phi) is 5.97. The summed E-state index contributed by atoms with van der Waals surface area (Å²) in [6.45, 7) is 5.11. The third-order valence-electron chi connectivity index (χ3n) is 5.07. The molecule has 2 heterocycles. The van der Waals surface area contributed by atoms with Crippen molar-refractivity contribution in [1.82, 2.24) is 14.8 Å². The molecule has 6 heteroatoms. The number of benzene rings is 1. The molecule has 3 rings (SSSR count). The van der Waals surface area contributed by atoms with Gasteiger partial charge in [0.25, 0.3) is 5.91 Å². The van der Waals surface area contributed by atoms with Crippen molar-refractivity contribution < 1.29 is 14.0 Å². The minimum Gasteiger partial charge on any atom is -0.445 e. The molecule has 0 saturated carbocycles. The minimum atomic E-state index is -0.152. The highest BCUT2D eigenvalue weighted by Gasteiger charge is 2.28. The lowest BCUT2D eigenvalue weighted by molar-refractivity contribution is -0.127. The average Bonchev–Trinajstić information content (AvgIpc) is 3.08. The summed E-state index contributed by atoms with van der Waals surface area (Å²) in [5, 5.41) is 0. The molecule has 0 N–H and O–H groups in total. The zero-order chi connectivity index (χ0) is 20.3. The van der Waals surface area contributed by atoms with E-state index >= 15 is 0 Å². The van der Waals surface area contributed by atoms with E-state index in [-0.39, 0.29) is 17.7 Å². The van der Waals surface area contributed by atoms with Gasteiger partial charge in [-0.3, -0.25) is 9.59 Å². The van der Waals surface area contributed by atoms with E-state index in [1.807, 2.05) is 42.2 Å². The van der Waals surface area contributed by atoms with E-state index < -0.39 is 0 Å². The molecule has 6 nitrogen and oxygen atoms in total. The molecular weight excluding hydrogens is 354 g/mol. The standard InChI is InChI=1S/C22H27N3O3/c1-15-5-7-17(8-6-15)9-10-19(26)25-13-11-18(12-14-25)21-23-20(16(2)28-21)22(27)24(3)4/h5-10,18H,11-14H2,1-4H3. The first kappa shape index (κ1) is 19.9. The molecule has 2 aromatic rings. The predicted molar refractivity (Wildman–Crippen MR) is 108 cm³/mol. The molecule has 1 aliphatic heterocycles. The van der Waals surface area contributed by atoms with Crippen molar-refractivity contribution in [2.75, 3.05) is 27.2 Å². The van der Waals surface area contributed by atoms with E-state index in [1.165, 1.54) is 10.5 Å². The van der Waals surface area contributed by atoms with Gasteiger partial charge in [0.1, 0.15) is 5.76 Å². The van der Waals surface area contributed by atoms with Crippen LogP contribution in [-0.4, -0.2) is 53.8 Å². The number of hydrogen-bond acceptors (Lipinski definition) is 4. The van der Waals surface area contributed by atoms with Gasteiger partial charge in [0.15, 0.2) is 11.6 Å². The van der Waals surface area contributed by atoms with Gasteiger partial charge in [0.05, 0.1) is 0 Å². The highest BCUT2D eigenvalue weighted by Crippen LogP contribution is 2.29. The number of likely N-dealkylation sites (tertiary alicyclic amines) is 1. The lowest BCUT2D eigenvalue weighted by Crippen LogP contribution is -2.37. The van der Waals surface area contributed by atoms with Gasteiger partial charge in [-0.2, -0.15) is 0 Å². The second kappa shape index (κ2) is 8.42. The summed E-state index contributed by atoms with van der Waals surface area (Å²) >= 11 is 0. The summed E-state index contributed by atoms with van der Waals surface area (Å²) < 4.78 is 5.76. The van der Waals surface area contributed by atoms with Gasteiger partial charge >= 0.3 is 0 Å². The summed E-state index contributed by atoms with van der Waals surface area (Å²) in [7, 11) is 3.40. The number of rotatable bonds is 4. The maximum Gasteiger partial charge on any atom is 0.275 e. The second-order valence-corrected chi connectivity index (χ2v) is 7.50. The summed E-state index contributed by atoms with van der Waals surface area (Å²) in [6, 6.07) is 8.07. The van der Waals surface area contributed by atoms with E-state index in [9.17, 15) is 9.59 Å². The van der Waals surface area contributed by atoms with Crippen LogP contribution in [0.25, 0.3) is 6.08 Å². The number of amides is 2. The van der Waals surface area contributed by atoms with Crippen LogP contribution in [0, 0.1) is 13.8 Å². The highest BCUT2D eigenvalue weighted by molar-refractivity contribution is 5.93. The molecule has 1 fully saturated rings. The highest BCUT2D eigenvalue weighted by atomic mass is 16.4. The van der Waals surface area contributed by atoms with Gasteiger partial charge in [0.2, 0.25) is 5.91 Å². The number of piperidine rings is 1. The molecule has 1 aromatic heterocycles. The quantitative estimate of drug-likeness (QED) is 0.761. The van der Waals surface area contributed by atoms with E-state index in [0.29, 0.717) is 30.4 Å². The number of oxazole rings is 1. The third kappa shape index (κ3) is 4.50. The number of carbonyl (C=O) groups excluding carboxylic acids is 2. The second-order valence-electron chi connectivity index (χ2n) is 7.50. The largest absolute Gasteiger partial charge is 0.445 e. The van der Waals surface area contributed by atoms with Gasteiger partial charge in [-0.25, -0.2) is 4.98 Å². The molecule has 0 unspecified atom stereocenters. The van der Waals surface area contributed by atoms with E-state index in [1.54, 1.807) is 27.1 Å². The minimum absolute atomic E-state index is 0.0195. The normalized spacial score (nSPS) is 15.2. The van der Waals surface area contributed by atoms with E-state index in [0.717, 1.165) is 18.4 Å². The van der Waals surface area contributed by atoms with Crippen LogP contribution in [0.3, 0.4) is 0 Å². The zero-order valence-corrected chi connectivity index (χ0v) is 16.9. The Morgan fingerprint density at radius 2 is 1.79 bits per heavy atom. The Morgan fingerprint density at radius 1 is 1.14 bits per heavy atom. The fourth-order valence-corrected chi connectivity index (χ4v) is 3.30. The van der Waals surface area contributed by atoms with Crippen molar-refractivity contribution in [3.63, 3.8) is 0 Å². The number of aryl methyl sites for hydroxylation is 2. The number of aromatic nitrogens is 1. The fourth-order valence-electron chi connectivity index (χ4n) is 3.30. The monoisotopic (exact) mass is 381 g/mol. The molecule has 2 amide bonds. The van der Waals surface area contributed by atoms with Gasteiger partial charge in [-0.15, -0.1) is 0 Å². The van der Waals surface area contributed by atoms with Gasteiger partial charge in [-0.05, 0) is 38.3 Å². The molecule has 0 radical (unpaired) electrons. The molecule has 1 saturated heterocycles. The Morgan fingerprint density at radius 3 is 2.39 bits per heavy atom. The molecule has 0 aliphatic carbocycles. The van der Waals surface area contributed by atoms with Crippen molar-refractivity contribution in [2.24, 2.45) is 0 Å². The molecule has 0 bridgehead atoms. The molecule has 1 aromatic carbocycles. The van der Waals surface area contributed by atoms with Crippen LogP contribution in [0.5, 0.6) is 0 Å². The zero-order valence-electron chi connectivity index (χ0n) is 16.9. The van der Waals surface area contributed by atoms with Gasteiger partial charge in [-0.1, -0.05) is 29.8 Å². The Hall–Kier alpha value is -2.89. The number of nitrogens with zero attached hydrogens (tertiary/aromatic N) is 3.